The summed E-state index contributed by atoms with van der Waals surface area (Å²) in [7, 11) is 0. The minimum absolute atomic E-state index is 0.00505. The minimum atomic E-state index is -0.503. The predicted octanol–water partition coefficient (Wildman–Crippen LogP) is 6.01. The SMILES string of the molecule is Cc1ccc(Br)cc1NC(=O)c1nc[nH]c1C(=O)Nc1ccc(OCC2CCN(C(=O)OC(C)(C)C)CC2)cc1. The third kappa shape index (κ3) is 7.84. The molecule has 0 spiro atoms. The number of imidazole rings is 1. The van der Waals surface area contributed by atoms with Crippen LogP contribution in [0.5, 0.6) is 5.75 Å². The standard InChI is InChI=1S/C29H34BrN5O5/c1-18-5-6-20(30)15-23(18)34-27(37)25-24(31-17-32-25)26(36)33-21-7-9-22(10-8-21)39-16-19-11-13-35(14-12-19)28(38)40-29(2,3)4/h5-10,15,17,19H,11-14,16H2,1-4H3,(H,31,32)(H,33,36)(H,34,37). The first-order valence-electron chi connectivity index (χ1n) is 13.1. The molecule has 0 unspecified atom stereocenters. The molecule has 0 radical (unpaired) electrons. The molecule has 2 heterocycles. The number of piperidine rings is 1. The van der Waals surface area contributed by atoms with Crippen molar-refractivity contribution in [2.45, 2.75) is 46.1 Å². The van der Waals surface area contributed by atoms with E-state index in [1.165, 1.54) is 6.33 Å². The molecular formula is C29H34BrN5O5. The van der Waals surface area contributed by atoms with Gasteiger partial charge in [-0.3, -0.25) is 9.59 Å². The number of ether oxygens (including phenoxy) is 2. The molecule has 1 aliphatic rings. The molecule has 10 nitrogen and oxygen atoms in total. The summed E-state index contributed by atoms with van der Waals surface area (Å²) in [5.74, 6) is 0.0367. The Hall–Kier alpha value is -3.86. The molecule has 0 atom stereocenters. The Morgan fingerprint density at radius 3 is 2.42 bits per heavy atom. The van der Waals surface area contributed by atoms with Crippen LogP contribution in [0.2, 0.25) is 0 Å². The van der Waals surface area contributed by atoms with Gasteiger partial charge in [0.05, 0.1) is 12.9 Å². The van der Waals surface area contributed by atoms with Gasteiger partial charge in [-0.25, -0.2) is 9.78 Å². The van der Waals surface area contributed by atoms with E-state index in [1.54, 1.807) is 35.2 Å². The van der Waals surface area contributed by atoms with Gasteiger partial charge in [0.2, 0.25) is 0 Å². The Bertz CT molecular complexity index is 1360. The second-order valence-electron chi connectivity index (χ2n) is 10.7. The van der Waals surface area contributed by atoms with Gasteiger partial charge in [-0.1, -0.05) is 22.0 Å². The molecule has 212 valence electrons. The Balaban J connectivity index is 1.26. The Morgan fingerprint density at radius 1 is 1.05 bits per heavy atom. The summed E-state index contributed by atoms with van der Waals surface area (Å²) in [5, 5.41) is 5.59. The van der Waals surface area contributed by atoms with Crippen LogP contribution in [-0.4, -0.2) is 58.1 Å². The molecule has 2 aromatic carbocycles. The van der Waals surface area contributed by atoms with Crippen molar-refractivity contribution >= 4 is 45.2 Å². The van der Waals surface area contributed by atoms with Gasteiger partial charge in [0.15, 0.2) is 5.69 Å². The van der Waals surface area contributed by atoms with Crippen molar-refractivity contribution in [1.82, 2.24) is 14.9 Å². The number of aryl methyl sites for hydroxylation is 1. The van der Waals surface area contributed by atoms with Gasteiger partial charge in [0.1, 0.15) is 17.0 Å². The highest BCUT2D eigenvalue weighted by atomic mass is 79.9. The fourth-order valence-corrected chi connectivity index (χ4v) is 4.56. The molecule has 3 aromatic rings. The highest BCUT2D eigenvalue weighted by Gasteiger charge is 2.27. The summed E-state index contributed by atoms with van der Waals surface area (Å²) in [6.45, 7) is 9.29. The Labute approximate surface area is 242 Å². The van der Waals surface area contributed by atoms with Crippen LogP contribution >= 0.6 is 15.9 Å². The van der Waals surface area contributed by atoms with E-state index in [2.05, 4.69) is 36.5 Å². The van der Waals surface area contributed by atoms with Crippen LogP contribution in [0.1, 0.15) is 60.2 Å². The van der Waals surface area contributed by atoms with Crippen LogP contribution in [0.25, 0.3) is 0 Å². The number of anilines is 2. The van der Waals surface area contributed by atoms with Gasteiger partial charge < -0.3 is 30.0 Å². The van der Waals surface area contributed by atoms with Gasteiger partial charge in [-0.2, -0.15) is 0 Å². The predicted molar refractivity (Wildman–Crippen MR) is 156 cm³/mol. The fraction of sp³-hybridized carbons (Fsp3) is 0.379. The number of nitrogens with zero attached hydrogens (tertiary/aromatic N) is 2. The molecule has 0 bridgehead atoms. The van der Waals surface area contributed by atoms with Crippen LogP contribution in [0.3, 0.4) is 0 Å². The second-order valence-corrected chi connectivity index (χ2v) is 11.7. The zero-order valence-corrected chi connectivity index (χ0v) is 24.6. The smallest absolute Gasteiger partial charge is 0.410 e. The van der Waals surface area contributed by atoms with E-state index in [1.807, 2.05) is 39.8 Å². The molecule has 1 aliphatic heterocycles. The molecule has 0 aliphatic carbocycles. The van der Waals surface area contributed by atoms with E-state index in [4.69, 9.17) is 9.47 Å². The second kappa shape index (κ2) is 12.5. The number of hydrogen-bond acceptors (Lipinski definition) is 6. The normalized spacial score (nSPS) is 14.0. The number of H-pyrrole nitrogens is 1. The molecule has 1 saturated heterocycles. The lowest BCUT2D eigenvalue weighted by Gasteiger charge is -2.33. The molecule has 11 heteroatoms. The largest absolute Gasteiger partial charge is 0.493 e. The molecule has 1 aromatic heterocycles. The first kappa shape index (κ1) is 29.1. The average Bonchev–Trinajstić information content (AvgIpc) is 3.40. The van der Waals surface area contributed by atoms with Crippen molar-refractivity contribution in [3.05, 3.63) is 70.2 Å². The van der Waals surface area contributed by atoms with Crippen LogP contribution in [-0.2, 0) is 4.74 Å². The summed E-state index contributed by atoms with van der Waals surface area (Å²) >= 11 is 3.40. The van der Waals surface area contributed by atoms with Crippen LogP contribution in [0.15, 0.2) is 53.3 Å². The van der Waals surface area contributed by atoms with Gasteiger partial charge in [0, 0.05) is 28.9 Å². The van der Waals surface area contributed by atoms with Crippen LogP contribution < -0.4 is 15.4 Å². The molecule has 3 N–H and O–H groups in total. The lowest BCUT2D eigenvalue weighted by molar-refractivity contribution is 0.0164. The number of nitrogens with one attached hydrogen (secondary N) is 3. The molecule has 1 fully saturated rings. The first-order valence-corrected chi connectivity index (χ1v) is 13.9. The number of benzene rings is 2. The number of likely N-dealkylation sites (tertiary alicyclic amines) is 1. The third-order valence-corrected chi connectivity index (χ3v) is 6.89. The van der Waals surface area contributed by atoms with E-state index in [0.29, 0.717) is 42.7 Å². The van der Waals surface area contributed by atoms with Crippen molar-refractivity contribution < 1.29 is 23.9 Å². The number of rotatable bonds is 7. The summed E-state index contributed by atoms with van der Waals surface area (Å²) in [4.78, 5) is 46.5. The number of hydrogen-bond donors (Lipinski definition) is 3. The first-order chi connectivity index (χ1) is 19.0. The lowest BCUT2D eigenvalue weighted by Crippen LogP contribution is -2.42. The lowest BCUT2D eigenvalue weighted by atomic mass is 9.98. The summed E-state index contributed by atoms with van der Waals surface area (Å²) in [6.07, 6.45) is 2.72. The summed E-state index contributed by atoms with van der Waals surface area (Å²) < 4.78 is 12.2. The topological polar surface area (TPSA) is 126 Å². The van der Waals surface area contributed by atoms with Crippen molar-refractivity contribution in [2.75, 3.05) is 30.3 Å². The maximum Gasteiger partial charge on any atom is 0.410 e. The number of carbonyl (C=O) groups excluding carboxylic acids is 3. The van der Waals surface area contributed by atoms with E-state index >= 15 is 0 Å². The number of carbonyl (C=O) groups is 3. The monoisotopic (exact) mass is 611 g/mol. The fourth-order valence-electron chi connectivity index (χ4n) is 4.20. The summed E-state index contributed by atoms with van der Waals surface area (Å²) in [5.41, 5.74) is 1.60. The highest BCUT2D eigenvalue weighted by molar-refractivity contribution is 9.10. The van der Waals surface area contributed by atoms with Crippen molar-refractivity contribution in [1.29, 1.82) is 0 Å². The Morgan fingerprint density at radius 2 is 1.75 bits per heavy atom. The van der Waals surface area contributed by atoms with Crippen LogP contribution in [0, 0.1) is 12.8 Å². The van der Waals surface area contributed by atoms with Gasteiger partial charge in [-0.05, 0) is 88.4 Å². The molecule has 40 heavy (non-hydrogen) atoms. The number of aromatic amines is 1. The third-order valence-electron chi connectivity index (χ3n) is 6.39. The molecule has 3 amide bonds. The summed E-state index contributed by atoms with van der Waals surface area (Å²) in [6, 6.07) is 12.6. The molecule has 0 saturated carbocycles. The van der Waals surface area contributed by atoms with Gasteiger partial charge >= 0.3 is 6.09 Å². The molecule has 4 rings (SSSR count). The van der Waals surface area contributed by atoms with Crippen molar-refractivity contribution in [2.24, 2.45) is 5.92 Å². The van der Waals surface area contributed by atoms with E-state index < -0.39 is 17.4 Å². The van der Waals surface area contributed by atoms with Crippen molar-refractivity contribution in [3.63, 3.8) is 0 Å². The van der Waals surface area contributed by atoms with Crippen LogP contribution in [0.4, 0.5) is 16.2 Å². The zero-order valence-electron chi connectivity index (χ0n) is 23.0. The maximum atomic E-state index is 12.9. The zero-order chi connectivity index (χ0) is 28.9. The average molecular weight is 613 g/mol. The number of aromatic nitrogens is 2. The van der Waals surface area contributed by atoms with Gasteiger partial charge in [0.25, 0.3) is 11.8 Å². The van der Waals surface area contributed by atoms with Gasteiger partial charge in [-0.15, -0.1) is 0 Å². The van der Waals surface area contributed by atoms with E-state index in [-0.39, 0.29) is 17.5 Å². The van der Waals surface area contributed by atoms with E-state index in [0.717, 1.165) is 22.9 Å². The molecular weight excluding hydrogens is 578 g/mol. The number of amides is 3. The maximum absolute atomic E-state index is 12.9. The quantitative estimate of drug-likeness (QED) is 0.300. The highest BCUT2D eigenvalue weighted by Crippen LogP contribution is 2.24. The number of halogens is 1. The minimum Gasteiger partial charge on any atom is -0.493 e. The van der Waals surface area contributed by atoms with E-state index in [9.17, 15) is 14.4 Å². The Kier molecular flexibility index (Phi) is 9.14. The van der Waals surface area contributed by atoms with Crippen molar-refractivity contribution in [3.8, 4) is 5.75 Å².